The van der Waals surface area contributed by atoms with Gasteiger partial charge in [0.15, 0.2) is 0 Å². The number of benzene rings is 2. The third kappa shape index (κ3) is 7.77. The second-order valence-electron chi connectivity index (χ2n) is 8.56. The van der Waals surface area contributed by atoms with Crippen LogP contribution in [0.15, 0.2) is 84.0 Å². The second-order valence-corrected chi connectivity index (χ2v) is 8.56. The van der Waals surface area contributed by atoms with Crippen molar-refractivity contribution in [3.63, 3.8) is 0 Å². The van der Waals surface area contributed by atoms with Crippen LogP contribution in [0.3, 0.4) is 0 Å². The Labute approximate surface area is 228 Å². The van der Waals surface area contributed by atoms with Crippen LogP contribution < -0.4 is 21.6 Å². The van der Waals surface area contributed by atoms with E-state index in [1.807, 2.05) is 12.1 Å². The molecule has 1 atom stereocenters. The summed E-state index contributed by atoms with van der Waals surface area (Å²) in [6.07, 6.45) is 3.68. The number of aliphatic carboxylic acids is 1. The van der Waals surface area contributed by atoms with E-state index in [9.17, 15) is 24.3 Å². The molecule has 0 fully saturated rings. The van der Waals surface area contributed by atoms with Gasteiger partial charge in [0.05, 0.1) is 6.54 Å². The third-order valence-electron chi connectivity index (χ3n) is 5.66. The Balaban J connectivity index is 1.47. The molecule has 13 heteroatoms. The number of carboxylic acid groups (broad SMARTS) is 1. The monoisotopic (exact) mass is 545 g/mol. The summed E-state index contributed by atoms with van der Waals surface area (Å²) in [5.41, 5.74) is 1.20. The molecule has 0 saturated carbocycles. The number of carbonyl (C=O) groups excluding carboxylic acids is 2. The van der Waals surface area contributed by atoms with Crippen LogP contribution in [0.1, 0.15) is 12.0 Å². The minimum absolute atomic E-state index is 0.0431. The average molecular weight is 546 g/mol. The number of amides is 2. The highest BCUT2D eigenvalue weighted by atomic mass is 16.5. The van der Waals surface area contributed by atoms with Crippen molar-refractivity contribution in [3.8, 4) is 11.1 Å². The molecule has 206 valence electrons. The maximum atomic E-state index is 12.9. The molecule has 4 rings (SSSR count). The summed E-state index contributed by atoms with van der Waals surface area (Å²) in [6.45, 7) is -0.277. The molecule has 4 aromatic rings. The second kappa shape index (κ2) is 13.4. The van der Waals surface area contributed by atoms with Gasteiger partial charge in [-0.05, 0) is 11.1 Å². The zero-order chi connectivity index (χ0) is 28.3. The highest BCUT2D eigenvalue weighted by Crippen LogP contribution is 2.25. The fraction of sp³-hybridized carbons (Fsp3) is 0.185. The van der Waals surface area contributed by atoms with Crippen molar-refractivity contribution < 1.29 is 24.2 Å². The fourth-order valence-corrected chi connectivity index (χ4v) is 3.70. The van der Waals surface area contributed by atoms with E-state index >= 15 is 0 Å². The number of carboxylic acids is 1. The normalized spacial score (nSPS) is 11.3. The number of hydrogen-bond acceptors (Lipinski definition) is 8. The summed E-state index contributed by atoms with van der Waals surface area (Å²) in [7, 11) is 0. The van der Waals surface area contributed by atoms with Crippen LogP contribution in [-0.4, -0.2) is 55.2 Å². The molecule has 0 aliphatic rings. The smallest absolute Gasteiger partial charge is 0.408 e. The molecule has 0 radical (unpaired) electrons. The maximum Gasteiger partial charge on any atom is 0.408 e. The van der Waals surface area contributed by atoms with E-state index in [-0.39, 0.29) is 31.3 Å². The molecule has 0 spiro atoms. The molecule has 13 nitrogen and oxygen atoms in total. The molecule has 2 aromatic heterocycles. The minimum atomic E-state index is -1.46. The first-order valence-electron chi connectivity index (χ1n) is 12.3. The van der Waals surface area contributed by atoms with Crippen LogP contribution in [0.4, 0.5) is 16.6 Å². The number of nitrogens with one attached hydrogen (secondary N) is 4. The highest BCUT2D eigenvalue weighted by Gasteiger charge is 2.23. The maximum absolute atomic E-state index is 12.9. The van der Waals surface area contributed by atoms with Crippen molar-refractivity contribution >= 4 is 29.7 Å². The summed E-state index contributed by atoms with van der Waals surface area (Å²) in [6, 6.07) is 16.5. The lowest BCUT2D eigenvalue weighted by atomic mass is 10.1. The lowest BCUT2D eigenvalue weighted by Gasteiger charge is -2.18. The van der Waals surface area contributed by atoms with Gasteiger partial charge in [-0.25, -0.2) is 19.4 Å². The number of carbonyl (C=O) groups is 3. The number of alkyl carbamates (subject to hydrolysis) is 1. The van der Waals surface area contributed by atoms with Gasteiger partial charge < -0.3 is 25.5 Å². The van der Waals surface area contributed by atoms with Crippen molar-refractivity contribution in [2.24, 2.45) is 0 Å². The van der Waals surface area contributed by atoms with Crippen LogP contribution in [0.2, 0.25) is 0 Å². The Kier molecular flexibility index (Phi) is 9.22. The van der Waals surface area contributed by atoms with Gasteiger partial charge in [0.1, 0.15) is 18.5 Å². The lowest BCUT2D eigenvalue weighted by molar-refractivity contribution is -0.139. The number of aromatic nitrogens is 4. The summed E-state index contributed by atoms with van der Waals surface area (Å²) in [5.74, 6) is -1.11. The van der Waals surface area contributed by atoms with Crippen LogP contribution in [0.5, 0.6) is 0 Å². The average Bonchev–Trinajstić information content (AvgIpc) is 3.46. The van der Waals surface area contributed by atoms with Crippen molar-refractivity contribution in [2.75, 3.05) is 17.2 Å². The molecular formula is C27H27N7O6. The summed E-state index contributed by atoms with van der Waals surface area (Å²) < 4.78 is 6.22. The van der Waals surface area contributed by atoms with Crippen LogP contribution in [0, 0.1) is 0 Å². The zero-order valence-corrected chi connectivity index (χ0v) is 21.2. The van der Waals surface area contributed by atoms with Crippen LogP contribution >= 0.6 is 0 Å². The van der Waals surface area contributed by atoms with Gasteiger partial charge in [-0.1, -0.05) is 60.7 Å². The number of ether oxygens (including phenoxy) is 1. The molecule has 0 saturated heterocycles. The third-order valence-corrected chi connectivity index (χ3v) is 5.66. The molecule has 0 aliphatic heterocycles. The predicted octanol–water partition coefficient (Wildman–Crippen LogP) is 2.45. The van der Waals surface area contributed by atoms with Gasteiger partial charge in [0.25, 0.3) is 0 Å². The zero-order valence-electron chi connectivity index (χ0n) is 21.2. The van der Waals surface area contributed by atoms with Crippen molar-refractivity contribution in [1.29, 1.82) is 0 Å². The Bertz CT molecular complexity index is 1490. The van der Waals surface area contributed by atoms with E-state index < -0.39 is 30.3 Å². The first-order valence-corrected chi connectivity index (χ1v) is 12.3. The first-order chi connectivity index (χ1) is 19.4. The van der Waals surface area contributed by atoms with E-state index in [4.69, 9.17) is 4.74 Å². The Hall–Kier alpha value is -5.46. The molecule has 0 unspecified atom stereocenters. The molecule has 2 aromatic carbocycles. The van der Waals surface area contributed by atoms with E-state index in [2.05, 4.69) is 30.9 Å². The van der Waals surface area contributed by atoms with E-state index in [0.29, 0.717) is 17.1 Å². The van der Waals surface area contributed by atoms with Gasteiger partial charge in [-0.3, -0.25) is 14.7 Å². The predicted molar refractivity (Wildman–Crippen MR) is 145 cm³/mol. The van der Waals surface area contributed by atoms with Crippen molar-refractivity contribution in [3.05, 3.63) is 95.3 Å². The number of imidazole rings is 1. The van der Waals surface area contributed by atoms with Crippen molar-refractivity contribution in [1.82, 2.24) is 24.8 Å². The number of anilines is 2. The van der Waals surface area contributed by atoms with Gasteiger partial charge in [-0.2, -0.15) is 4.98 Å². The van der Waals surface area contributed by atoms with E-state index in [0.717, 1.165) is 10.1 Å². The van der Waals surface area contributed by atoms with Crippen LogP contribution in [0.25, 0.3) is 11.1 Å². The molecule has 0 bridgehead atoms. The summed E-state index contributed by atoms with van der Waals surface area (Å²) in [4.78, 5) is 60.0. The highest BCUT2D eigenvalue weighted by molar-refractivity contribution is 5.89. The molecule has 40 heavy (non-hydrogen) atoms. The number of aromatic amines is 1. The van der Waals surface area contributed by atoms with Gasteiger partial charge in [0, 0.05) is 37.1 Å². The van der Waals surface area contributed by atoms with E-state index in [1.54, 1.807) is 54.7 Å². The lowest BCUT2D eigenvalue weighted by Crippen LogP contribution is -2.45. The largest absolute Gasteiger partial charge is 0.480 e. The number of nitrogens with zero attached hydrogens (tertiary/aromatic N) is 3. The van der Waals surface area contributed by atoms with Crippen LogP contribution in [-0.2, 0) is 27.5 Å². The van der Waals surface area contributed by atoms with Gasteiger partial charge in [-0.15, -0.1) is 0 Å². The SMILES string of the molecule is O=C(CCNc1nc(=O)n(C[C@H](NC(=O)OCc2ccccc2)C(=O)O)cc1-c1ccccc1)Nc1ncc[nH]1. The van der Waals surface area contributed by atoms with Crippen molar-refractivity contribution in [2.45, 2.75) is 25.6 Å². The molecule has 2 heterocycles. The standard InChI is InChI=1S/C27H27N7O6/c35-22(32-25-29-13-14-30-25)11-12-28-23-20(19-9-5-2-6-10-19)15-34(26(38)33-23)16-21(24(36)37)31-27(39)40-17-18-7-3-1-4-8-18/h1-10,13-15,21H,11-12,16-17H2,(H,31,39)(H,36,37)(H,28,33,38)(H2,29,30,32,35)/t21-/m0/s1. The molecule has 0 aliphatic carbocycles. The minimum Gasteiger partial charge on any atom is -0.480 e. The Morgan fingerprint density at radius 1 is 1.05 bits per heavy atom. The molecule has 5 N–H and O–H groups in total. The molecular weight excluding hydrogens is 518 g/mol. The fourth-order valence-electron chi connectivity index (χ4n) is 3.70. The first kappa shape index (κ1) is 27.6. The Morgan fingerprint density at radius 2 is 1.77 bits per heavy atom. The van der Waals surface area contributed by atoms with Gasteiger partial charge in [0.2, 0.25) is 11.9 Å². The number of H-pyrrole nitrogens is 1. The quantitative estimate of drug-likeness (QED) is 0.179. The molecule has 2 amide bonds. The summed E-state index contributed by atoms with van der Waals surface area (Å²) in [5, 5.41) is 17.6. The van der Waals surface area contributed by atoms with Gasteiger partial charge >= 0.3 is 17.8 Å². The van der Waals surface area contributed by atoms with E-state index in [1.165, 1.54) is 12.4 Å². The Morgan fingerprint density at radius 3 is 2.45 bits per heavy atom. The number of hydrogen-bond donors (Lipinski definition) is 5. The summed E-state index contributed by atoms with van der Waals surface area (Å²) >= 11 is 0. The topological polar surface area (TPSA) is 180 Å². The number of rotatable bonds is 12.